The fraction of sp³-hybridized carbons (Fsp3) is 0.438. The molecule has 1 aliphatic heterocycles. The quantitative estimate of drug-likeness (QED) is 0.439. The molecule has 0 saturated carbocycles. The molecule has 0 N–H and O–H groups in total. The van der Waals surface area contributed by atoms with Crippen LogP contribution in [-0.2, 0) is 11.2 Å². The van der Waals surface area contributed by atoms with E-state index in [4.69, 9.17) is 9.47 Å². The number of carbonyl (C=O) groups is 1. The van der Waals surface area contributed by atoms with Gasteiger partial charge in [0.25, 0.3) is 0 Å². The third kappa shape index (κ3) is 3.85. The highest BCUT2D eigenvalue weighted by Crippen LogP contribution is 2.27. The first kappa shape index (κ1) is 13.7. The third-order valence-electron chi connectivity index (χ3n) is 3.36. The number of ether oxygens (including phenoxy) is 2. The fourth-order valence-corrected chi connectivity index (χ4v) is 2.19. The highest BCUT2D eigenvalue weighted by molar-refractivity contribution is 5.73. The van der Waals surface area contributed by atoms with Crippen molar-refractivity contribution in [1.82, 2.24) is 0 Å². The molecule has 0 amide bonds. The van der Waals surface area contributed by atoms with Gasteiger partial charge in [-0.25, -0.2) is 0 Å². The van der Waals surface area contributed by atoms with Gasteiger partial charge in [0.2, 0.25) is 0 Å². The van der Waals surface area contributed by atoms with Crippen molar-refractivity contribution in [2.75, 3.05) is 7.11 Å². The Morgan fingerprint density at radius 1 is 1.21 bits per heavy atom. The first-order valence-electron chi connectivity index (χ1n) is 6.72. The maximum absolute atomic E-state index is 11.8. The Morgan fingerprint density at radius 3 is 2.84 bits per heavy atom. The number of fused-ring (bicyclic) bond motifs is 1. The van der Waals surface area contributed by atoms with Gasteiger partial charge in [-0.2, -0.15) is 0 Å². The Labute approximate surface area is 114 Å². The van der Waals surface area contributed by atoms with Crippen LogP contribution in [0.5, 0.6) is 11.5 Å². The average Bonchev–Trinajstić information content (AvgIpc) is 2.44. The number of esters is 1. The molecule has 0 radical (unpaired) electrons. The van der Waals surface area contributed by atoms with Crippen LogP contribution in [0, 0.1) is 0 Å². The van der Waals surface area contributed by atoms with Crippen molar-refractivity contribution in [3.63, 3.8) is 0 Å². The highest BCUT2D eigenvalue weighted by Gasteiger charge is 2.12. The van der Waals surface area contributed by atoms with Gasteiger partial charge in [-0.15, -0.1) is 0 Å². The molecule has 102 valence electrons. The van der Waals surface area contributed by atoms with Crippen molar-refractivity contribution >= 4 is 5.97 Å². The minimum atomic E-state index is -0.166. The molecule has 0 unspecified atom stereocenters. The second-order valence-electron chi connectivity index (χ2n) is 4.89. The SMILES string of the molecule is COc1ccc2c(c1)CCC/C=C(\C)CCC(=O)O2. The molecule has 1 heterocycles. The van der Waals surface area contributed by atoms with Gasteiger partial charge >= 0.3 is 5.97 Å². The zero-order valence-electron chi connectivity index (χ0n) is 11.6. The number of allylic oxidation sites excluding steroid dienone is 2. The number of hydrogen-bond donors (Lipinski definition) is 0. The number of benzene rings is 1. The number of rotatable bonds is 1. The molecule has 0 atom stereocenters. The van der Waals surface area contributed by atoms with Crippen LogP contribution in [0.4, 0.5) is 0 Å². The summed E-state index contributed by atoms with van der Waals surface area (Å²) < 4.78 is 10.7. The van der Waals surface area contributed by atoms with E-state index in [2.05, 4.69) is 13.0 Å². The molecule has 0 bridgehead atoms. The van der Waals surface area contributed by atoms with Crippen LogP contribution in [0.1, 0.15) is 38.2 Å². The third-order valence-corrected chi connectivity index (χ3v) is 3.36. The molecule has 2 rings (SSSR count). The van der Waals surface area contributed by atoms with Crippen molar-refractivity contribution in [2.45, 2.75) is 39.0 Å². The molecule has 19 heavy (non-hydrogen) atoms. The van der Waals surface area contributed by atoms with E-state index in [1.807, 2.05) is 18.2 Å². The molecule has 3 nitrogen and oxygen atoms in total. The Balaban J connectivity index is 2.24. The fourth-order valence-electron chi connectivity index (χ4n) is 2.19. The minimum Gasteiger partial charge on any atom is -0.497 e. The summed E-state index contributed by atoms with van der Waals surface area (Å²) in [6, 6.07) is 5.61. The van der Waals surface area contributed by atoms with E-state index in [0.717, 1.165) is 37.0 Å². The van der Waals surface area contributed by atoms with Crippen LogP contribution in [0.15, 0.2) is 29.8 Å². The summed E-state index contributed by atoms with van der Waals surface area (Å²) in [5, 5.41) is 0. The molecule has 0 spiro atoms. The predicted octanol–water partition coefficient (Wildman–Crippen LogP) is 3.66. The van der Waals surface area contributed by atoms with E-state index in [9.17, 15) is 4.79 Å². The van der Waals surface area contributed by atoms with E-state index in [1.54, 1.807) is 7.11 Å². The number of aryl methyl sites for hydroxylation is 1. The summed E-state index contributed by atoms with van der Waals surface area (Å²) in [5.74, 6) is 1.31. The second kappa shape index (κ2) is 6.41. The molecule has 1 aromatic rings. The van der Waals surface area contributed by atoms with E-state index >= 15 is 0 Å². The molecule has 1 aromatic carbocycles. The van der Waals surface area contributed by atoms with Crippen molar-refractivity contribution in [2.24, 2.45) is 0 Å². The monoisotopic (exact) mass is 260 g/mol. The van der Waals surface area contributed by atoms with Crippen molar-refractivity contribution in [1.29, 1.82) is 0 Å². The Hall–Kier alpha value is -1.77. The molecule has 0 saturated heterocycles. The standard InChI is InChI=1S/C16H20O3/c1-12-5-3-4-6-13-11-14(18-2)8-9-15(13)19-16(17)10-7-12/h5,8-9,11H,3-4,6-7,10H2,1-2H3/b12-5+. The van der Waals surface area contributed by atoms with Gasteiger partial charge < -0.3 is 9.47 Å². The molecule has 3 heteroatoms. The maximum Gasteiger partial charge on any atom is 0.311 e. The minimum absolute atomic E-state index is 0.166. The van der Waals surface area contributed by atoms with E-state index in [1.165, 1.54) is 5.57 Å². The summed E-state index contributed by atoms with van der Waals surface area (Å²) in [6.45, 7) is 2.07. The highest BCUT2D eigenvalue weighted by atomic mass is 16.5. The van der Waals surface area contributed by atoms with E-state index < -0.39 is 0 Å². The lowest BCUT2D eigenvalue weighted by Gasteiger charge is -2.11. The van der Waals surface area contributed by atoms with E-state index in [0.29, 0.717) is 12.2 Å². The lowest BCUT2D eigenvalue weighted by molar-refractivity contribution is -0.134. The van der Waals surface area contributed by atoms with E-state index in [-0.39, 0.29) is 5.97 Å². The average molecular weight is 260 g/mol. The van der Waals surface area contributed by atoms with Gasteiger partial charge in [0.15, 0.2) is 0 Å². The Kier molecular flexibility index (Phi) is 4.61. The summed E-state index contributed by atoms with van der Waals surface area (Å²) in [6.07, 6.45) is 6.42. The molecule has 0 aliphatic carbocycles. The van der Waals surface area contributed by atoms with Gasteiger partial charge in [-0.3, -0.25) is 4.79 Å². The van der Waals surface area contributed by atoms with Crippen LogP contribution < -0.4 is 9.47 Å². The van der Waals surface area contributed by atoms with Crippen LogP contribution in [0.25, 0.3) is 0 Å². The van der Waals surface area contributed by atoms with Crippen LogP contribution >= 0.6 is 0 Å². The van der Waals surface area contributed by atoms with Gasteiger partial charge in [0.05, 0.1) is 7.11 Å². The van der Waals surface area contributed by atoms with Crippen LogP contribution in [-0.4, -0.2) is 13.1 Å². The van der Waals surface area contributed by atoms with Crippen molar-refractivity contribution in [3.05, 3.63) is 35.4 Å². The van der Waals surface area contributed by atoms with Gasteiger partial charge in [0, 0.05) is 6.42 Å². The molecular formula is C16H20O3. The summed E-state index contributed by atoms with van der Waals surface area (Å²) in [5.41, 5.74) is 2.31. The lowest BCUT2D eigenvalue weighted by Crippen LogP contribution is -2.09. The van der Waals surface area contributed by atoms with Gasteiger partial charge in [-0.05, 0) is 56.4 Å². The van der Waals surface area contributed by atoms with Gasteiger partial charge in [-0.1, -0.05) is 11.6 Å². The zero-order chi connectivity index (χ0) is 13.7. The van der Waals surface area contributed by atoms with Crippen molar-refractivity contribution < 1.29 is 14.3 Å². The number of methoxy groups -OCH3 is 1. The number of carbonyl (C=O) groups excluding carboxylic acids is 1. The topological polar surface area (TPSA) is 35.5 Å². The van der Waals surface area contributed by atoms with Crippen molar-refractivity contribution in [3.8, 4) is 11.5 Å². The molecular weight excluding hydrogens is 240 g/mol. The smallest absolute Gasteiger partial charge is 0.311 e. The maximum atomic E-state index is 11.8. The summed E-state index contributed by atoms with van der Waals surface area (Å²) >= 11 is 0. The van der Waals surface area contributed by atoms with Gasteiger partial charge in [0.1, 0.15) is 11.5 Å². The van der Waals surface area contributed by atoms with Crippen LogP contribution in [0.3, 0.4) is 0 Å². The molecule has 0 aromatic heterocycles. The lowest BCUT2D eigenvalue weighted by atomic mass is 10.1. The summed E-state index contributed by atoms with van der Waals surface area (Å²) in [7, 11) is 1.64. The normalized spacial score (nSPS) is 19.5. The largest absolute Gasteiger partial charge is 0.497 e. The predicted molar refractivity (Wildman–Crippen MR) is 74.6 cm³/mol. The second-order valence-corrected chi connectivity index (χ2v) is 4.89. The molecule has 0 fully saturated rings. The number of hydrogen-bond acceptors (Lipinski definition) is 3. The Bertz CT molecular complexity index is 489. The first-order chi connectivity index (χ1) is 9.19. The summed E-state index contributed by atoms with van der Waals surface area (Å²) in [4.78, 5) is 11.8. The first-order valence-corrected chi connectivity index (χ1v) is 6.72. The zero-order valence-corrected chi connectivity index (χ0v) is 11.6. The van der Waals surface area contributed by atoms with Crippen LogP contribution in [0.2, 0.25) is 0 Å². The molecule has 1 aliphatic rings. The Morgan fingerprint density at radius 2 is 2.05 bits per heavy atom.